The molecule has 0 saturated heterocycles. The van der Waals surface area contributed by atoms with Crippen molar-refractivity contribution in [1.29, 1.82) is 0 Å². The van der Waals surface area contributed by atoms with Crippen LogP contribution in [0, 0.1) is 11.8 Å². The van der Waals surface area contributed by atoms with Gasteiger partial charge in [-0.3, -0.25) is 9.89 Å². The highest BCUT2D eigenvalue weighted by molar-refractivity contribution is 5.83. The Morgan fingerprint density at radius 2 is 2.31 bits per heavy atom. The lowest BCUT2D eigenvalue weighted by Gasteiger charge is -2.15. The first-order valence-corrected chi connectivity index (χ1v) is 4.91. The quantitative estimate of drug-likeness (QED) is 0.829. The Morgan fingerprint density at radius 1 is 1.69 bits per heavy atom. The minimum absolute atomic E-state index is 0.165. The van der Waals surface area contributed by atoms with E-state index in [1.54, 1.807) is 0 Å². The Hall–Kier alpha value is -1.53. The molecule has 5 nitrogen and oxygen atoms in total. The van der Waals surface area contributed by atoms with Crippen LogP contribution in [-0.4, -0.2) is 39.0 Å². The van der Waals surface area contributed by atoms with Crippen LogP contribution in [0.3, 0.4) is 0 Å². The van der Waals surface area contributed by atoms with E-state index >= 15 is 0 Å². The Labute approximate surface area is 90.8 Å². The predicted octanol–water partition coefficient (Wildman–Crippen LogP) is 0.664. The van der Waals surface area contributed by atoms with Crippen molar-refractivity contribution in [3.8, 4) is 0 Å². The zero-order chi connectivity index (χ0) is 11.9. The molecule has 1 aromatic heterocycles. The molecule has 1 aromatic rings. The van der Waals surface area contributed by atoms with E-state index in [1.807, 2.05) is 0 Å². The van der Waals surface area contributed by atoms with Crippen molar-refractivity contribution in [2.75, 3.05) is 7.05 Å². The van der Waals surface area contributed by atoms with Gasteiger partial charge in [0.15, 0.2) is 0 Å². The van der Waals surface area contributed by atoms with E-state index in [2.05, 4.69) is 15.2 Å². The molecule has 1 aliphatic rings. The molecule has 1 amide bonds. The Balaban J connectivity index is 1.96. The summed E-state index contributed by atoms with van der Waals surface area (Å²) in [6.45, 7) is 1.54. The Bertz CT molecular complexity index is 392. The first-order chi connectivity index (χ1) is 7.44. The van der Waals surface area contributed by atoms with Crippen molar-refractivity contribution < 1.29 is 13.6 Å². The minimum Gasteiger partial charge on any atom is -0.338 e. The minimum atomic E-state index is -2.85. The molecule has 0 aromatic carbocycles. The van der Waals surface area contributed by atoms with Gasteiger partial charge >= 0.3 is 0 Å². The number of carbonyl (C=O) groups excluding carboxylic acids is 1. The number of hydrogen-bond donors (Lipinski definition) is 1. The van der Waals surface area contributed by atoms with E-state index < -0.39 is 23.7 Å². The monoisotopic (exact) mass is 230 g/mol. The van der Waals surface area contributed by atoms with Crippen LogP contribution >= 0.6 is 0 Å². The summed E-state index contributed by atoms with van der Waals surface area (Å²) in [5, 5.41) is 6.19. The summed E-state index contributed by atoms with van der Waals surface area (Å²) in [6.07, 6.45) is 1.31. The smallest absolute Gasteiger partial charge is 0.263 e. The first-order valence-electron chi connectivity index (χ1n) is 4.91. The molecule has 2 rings (SSSR count). The van der Waals surface area contributed by atoms with Gasteiger partial charge in [-0.1, -0.05) is 6.92 Å². The first kappa shape index (κ1) is 11.0. The van der Waals surface area contributed by atoms with Gasteiger partial charge in [-0.2, -0.15) is 5.10 Å². The highest BCUT2D eigenvalue weighted by Crippen LogP contribution is 2.55. The van der Waals surface area contributed by atoms with Gasteiger partial charge in [0, 0.05) is 13.0 Å². The van der Waals surface area contributed by atoms with Gasteiger partial charge in [0.05, 0.1) is 6.54 Å². The van der Waals surface area contributed by atoms with Crippen LogP contribution in [0.4, 0.5) is 8.78 Å². The predicted molar refractivity (Wildman–Crippen MR) is 50.5 cm³/mol. The highest BCUT2D eigenvalue weighted by atomic mass is 19.3. The SMILES string of the molecule is CC1C(C(=O)N(C)Cc2ncn[nH]2)C1(F)F. The zero-order valence-electron chi connectivity index (χ0n) is 8.94. The fourth-order valence-electron chi connectivity index (χ4n) is 1.71. The number of hydrogen-bond acceptors (Lipinski definition) is 3. The van der Waals surface area contributed by atoms with Crippen LogP contribution in [0.1, 0.15) is 12.7 Å². The van der Waals surface area contributed by atoms with E-state index in [-0.39, 0.29) is 6.54 Å². The van der Waals surface area contributed by atoms with Crippen molar-refractivity contribution in [2.45, 2.75) is 19.4 Å². The highest BCUT2D eigenvalue weighted by Gasteiger charge is 2.69. The lowest BCUT2D eigenvalue weighted by Crippen LogP contribution is -2.30. The van der Waals surface area contributed by atoms with E-state index in [1.165, 1.54) is 25.2 Å². The second kappa shape index (κ2) is 3.50. The standard InChI is InChI=1S/C9H12F2N4O/c1-5-7(9(5,10)11)8(16)15(2)3-6-12-4-13-14-6/h4-5,7H,3H2,1-2H3,(H,12,13,14). The zero-order valence-corrected chi connectivity index (χ0v) is 8.94. The molecule has 16 heavy (non-hydrogen) atoms. The molecule has 2 atom stereocenters. The molecule has 0 spiro atoms. The lowest BCUT2D eigenvalue weighted by molar-refractivity contribution is -0.134. The largest absolute Gasteiger partial charge is 0.338 e. The third kappa shape index (κ3) is 1.66. The van der Waals surface area contributed by atoms with Crippen LogP contribution in [0.15, 0.2) is 6.33 Å². The van der Waals surface area contributed by atoms with Crippen molar-refractivity contribution in [3.05, 3.63) is 12.2 Å². The number of nitrogens with zero attached hydrogens (tertiary/aromatic N) is 3. The molecule has 0 bridgehead atoms. The molecule has 0 radical (unpaired) electrons. The van der Waals surface area contributed by atoms with Gasteiger partial charge < -0.3 is 4.90 Å². The average Bonchev–Trinajstić information content (AvgIpc) is 2.62. The summed E-state index contributed by atoms with van der Waals surface area (Å²) in [5.74, 6) is -4.97. The molecule has 1 fully saturated rings. The fourth-order valence-corrected chi connectivity index (χ4v) is 1.71. The van der Waals surface area contributed by atoms with Crippen molar-refractivity contribution in [2.24, 2.45) is 11.8 Å². The van der Waals surface area contributed by atoms with E-state index in [9.17, 15) is 13.6 Å². The maximum atomic E-state index is 13.0. The molecule has 0 aliphatic heterocycles. The number of H-pyrrole nitrogens is 1. The van der Waals surface area contributed by atoms with Crippen LogP contribution in [0.2, 0.25) is 0 Å². The molecular formula is C9H12F2N4O. The summed E-state index contributed by atoms with van der Waals surface area (Å²) >= 11 is 0. The molecule has 2 unspecified atom stereocenters. The number of aromatic amines is 1. The van der Waals surface area contributed by atoms with Crippen molar-refractivity contribution in [1.82, 2.24) is 20.1 Å². The lowest BCUT2D eigenvalue weighted by atomic mass is 10.3. The number of aromatic nitrogens is 3. The van der Waals surface area contributed by atoms with Crippen molar-refractivity contribution in [3.63, 3.8) is 0 Å². The second-order valence-corrected chi connectivity index (χ2v) is 4.07. The van der Waals surface area contributed by atoms with Crippen LogP contribution in [0.5, 0.6) is 0 Å². The molecule has 88 valence electrons. The number of carbonyl (C=O) groups is 1. The van der Waals surface area contributed by atoms with Gasteiger partial charge in [0.1, 0.15) is 18.1 Å². The maximum Gasteiger partial charge on any atom is 0.263 e. The molecule has 1 aliphatic carbocycles. The van der Waals surface area contributed by atoms with Crippen molar-refractivity contribution >= 4 is 5.91 Å². The third-order valence-corrected chi connectivity index (χ3v) is 2.91. The molecule has 1 heterocycles. The topological polar surface area (TPSA) is 61.9 Å². The molecule has 1 saturated carbocycles. The van der Waals surface area contributed by atoms with Gasteiger partial charge in [0.2, 0.25) is 5.91 Å². The number of amides is 1. The van der Waals surface area contributed by atoms with Crippen LogP contribution in [0.25, 0.3) is 0 Å². The molecular weight excluding hydrogens is 218 g/mol. The van der Waals surface area contributed by atoms with Crippen LogP contribution in [-0.2, 0) is 11.3 Å². The van der Waals surface area contributed by atoms with E-state index in [0.29, 0.717) is 5.82 Å². The summed E-state index contributed by atoms with van der Waals surface area (Å²) in [7, 11) is 1.48. The van der Waals surface area contributed by atoms with E-state index in [4.69, 9.17) is 0 Å². The van der Waals surface area contributed by atoms with Gasteiger partial charge in [-0.05, 0) is 0 Å². The normalized spacial score (nSPS) is 26.5. The summed E-state index contributed by atoms with van der Waals surface area (Å²) in [6, 6.07) is 0. The summed E-state index contributed by atoms with van der Waals surface area (Å²) in [5.41, 5.74) is 0. The van der Waals surface area contributed by atoms with E-state index in [0.717, 1.165) is 0 Å². The number of rotatable bonds is 3. The summed E-state index contributed by atoms with van der Waals surface area (Å²) < 4.78 is 26.0. The third-order valence-electron chi connectivity index (χ3n) is 2.91. The molecule has 1 N–H and O–H groups in total. The number of halogens is 2. The fraction of sp³-hybridized carbons (Fsp3) is 0.667. The number of alkyl halides is 2. The van der Waals surface area contributed by atoms with Gasteiger partial charge in [0.25, 0.3) is 5.92 Å². The summed E-state index contributed by atoms with van der Waals surface area (Å²) in [4.78, 5) is 16.7. The average molecular weight is 230 g/mol. The van der Waals surface area contributed by atoms with Crippen LogP contribution < -0.4 is 0 Å². The van der Waals surface area contributed by atoms with Gasteiger partial charge in [-0.15, -0.1) is 0 Å². The van der Waals surface area contributed by atoms with Gasteiger partial charge in [-0.25, -0.2) is 13.8 Å². The number of nitrogens with one attached hydrogen (secondary N) is 1. The Morgan fingerprint density at radius 3 is 2.75 bits per heavy atom. The molecule has 7 heteroatoms. The maximum absolute atomic E-state index is 13.0. The Kier molecular flexibility index (Phi) is 2.40. The second-order valence-electron chi connectivity index (χ2n) is 4.07.